The van der Waals surface area contributed by atoms with Crippen molar-refractivity contribution in [3.05, 3.63) is 63.0 Å². The zero-order valence-electron chi connectivity index (χ0n) is 18.7. The fourth-order valence-corrected chi connectivity index (χ4v) is 4.42. The highest BCUT2D eigenvalue weighted by Crippen LogP contribution is 2.33. The minimum absolute atomic E-state index is 0.254. The number of benzene rings is 1. The molecule has 8 nitrogen and oxygen atoms in total. The Bertz CT molecular complexity index is 1320. The zero-order chi connectivity index (χ0) is 23.5. The summed E-state index contributed by atoms with van der Waals surface area (Å²) in [6, 6.07) is 11.0. The summed E-state index contributed by atoms with van der Waals surface area (Å²) in [6.45, 7) is 5.64. The van der Waals surface area contributed by atoms with E-state index in [1.165, 1.54) is 0 Å². The number of hydrogen-bond donors (Lipinski definition) is 1. The van der Waals surface area contributed by atoms with Gasteiger partial charge in [0.1, 0.15) is 5.75 Å². The van der Waals surface area contributed by atoms with Gasteiger partial charge in [-0.1, -0.05) is 17.3 Å². The predicted molar refractivity (Wildman–Crippen MR) is 124 cm³/mol. The minimum Gasteiger partial charge on any atom is -0.497 e. The van der Waals surface area contributed by atoms with E-state index < -0.39 is 18.5 Å². The molecule has 0 fully saturated rings. The summed E-state index contributed by atoms with van der Waals surface area (Å²) >= 11 is 1.65. The lowest BCUT2D eigenvalue weighted by Crippen LogP contribution is -2.28. The monoisotopic (exact) mass is 465 g/mol. The Kier molecular flexibility index (Phi) is 6.41. The Morgan fingerprint density at radius 3 is 2.55 bits per heavy atom. The molecule has 1 N–H and O–H groups in total. The van der Waals surface area contributed by atoms with E-state index in [4.69, 9.17) is 14.0 Å². The van der Waals surface area contributed by atoms with Gasteiger partial charge in [-0.3, -0.25) is 4.79 Å². The normalized spacial score (nSPS) is 10.9. The number of esters is 1. The molecular formula is C24H23N3O5S. The number of pyridine rings is 1. The van der Waals surface area contributed by atoms with Crippen LogP contribution in [0, 0.1) is 20.8 Å². The van der Waals surface area contributed by atoms with Crippen LogP contribution >= 0.6 is 11.3 Å². The van der Waals surface area contributed by atoms with E-state index in [1.54, 1.807) is 31.4 Å². The van der Waals surface area contributed by atoms with Crippen molar-refractivity contribution >= 4 is 34.3 Å². The number of ether oxygens (including phenoxy) is 2. The number of nitrogens with zero attached hydrogens (tertiary/aromatic N) is 2. The Hall–Kier alpha value is -3.72. The van der Waals surface area contributed by atoms with E-state index in [-0.39, 0.29) is 11.3 Å². The molecule has 1 amide bonds. The van der Waals surface area contributed by atoms with E-state index in [0.29, 0.717) is 23.3 Å². The second-order valence-corrected chi connectivity index (χ2v) is 8.99. The second-order valence-electron chi connectivity index (χ2n) is 7.53. The van der Waals surface area contributed by atoms with Crippen molar-refractivity contribution in [2.45, 2.75) is 27.3 Å². The average Bonchev–Trinajstić information content (AvgIpc) is 3.36. The molecular weight excluding hydrogens is 442 g/mol. The first-order valence-electron chi connectivity index (χ1n) is 10.3. The molecule has 4 aromatic rings. The summed E-state index contributed by atoms with van der Waals surface area (Å²) < 4.78 is 15.8. The molecule has 9 heteroatoms. The number of aromatic nitrogens is 2. The van der Waals surface area contributed by atoms with Crippen molar-refractivity contribution in [2.24, 2.45) is 0 Å². The first kappa shape index (κ1) is 22.5. The van der Waals surface area contributed by atoms with Crippen LogP contribution in [0.1, 0.15) is 31.4 Å². The number of fused-ring (bicyclic) bond motifs is 1. The standard InChI is InChI=1S/C24H23N3O5S/c1-13-9-18(15(3)33-13)20-10-19(22-14(2)27-32-23(22)26-20)24(29)31-12-21(28)25-11-16-5-7-17(30-4)8-6-16/h5-10H,11-12H2,1-4H3,(H,25,28). The molecule has 170 valence electrons. The van der Waals surface area contributed by atoms with Gasteiger partial charge < -0.3 is 19.3 Å². The predicted octanol–water partition coefficient (Wildman–Crippen LogP) is 4.36. The highest BCUT2D eigenvalue weighted by molar-refractivity contribution is 7.12. The second kappa shape index (κ2) is 9.41. The number of nitrogens with one attached hydrogen (secondary N) is 1. The van der Waals surface area contributed by atoms with Gasteiger partial charge in [0.15, 0.2) is 6.61 Å². The average molecular weight is 466 g/mol. The summed E-state index contributed by atoms with van der Waals surface area (Å²) in [6.07, 6.45) is 0. The topological polar surface area (TPSA) is 104 Å². The number of carbonyl (C=O) groups excluding carboxylic acids is 2. The van der Waals surface area contributed by atoms with E-state index >= 15 is 0 Å². The van der Waals surface area contributed by atoms with Gasteiger partial charge in [0.05, 0.1) is 29.4 Å². The van der Waals surface area contributed by atoms with Gasteiger partial charge in [-0.15, -0.1) is 11.3 Å². The number of thiophene rings is 1. The molecule has 0 aliphatic rings. The van der Waals surface area contributed by atoms with Gasteiger partial charge in [0.2, 0.25) is 0 Å². The number of rotatable bonds is 7. The van der Waals surface area contributed by atoms with Crippen LogP contribution in [0.4, 0.5) is 0 Å². The van der Waals surface area contributed by atoms with Crippen molar-refractivity contribution in [3.63, 3.8) is 0 Å². The van der Waals surface area contributed by atoms with Crippen LogP contribution < -0.4 is 10.1 Å². The Labute approximate surface area is 194 Å². The van der Waals surface area contributed by atoms with E-state index in [2.05, 4.69) is 15.5 Å². The van der Waals surface area contributed by atoms with E-state index in [1.807, 2.05) is 44.2 Å². The quantitative estimate of drug-likeness (QED) is 0.405. The van der Waals surface area contributed by atoms with Crippen molar-refractivity contribution < 1.29 is 23.6 Å². The van der Waals surface area contributed by atoms with Crippen LogP contribution in [-0.4, -0.2) is 35.7 Å². The van der Waals surface area contributed by atoms with E-state index in [9.17, 15) is 9.59 Å². The van der Waals surface area contributed by atoms with Crippen molar-refractivity contribution in [2.75, 3.05) is 13.7 Å². The fourth-order valence-electron chi connectivity index (χ4n) is 3.48. The SMILES string of the molecule is COc1ccc(CNC(=O)COC(=O)c2cc(-c3cc(C)sc3C)nc3onc(C)c23)cc1. The first-order valence-corrected chi connectivity index (χ1v) is 11.1. The Balaban J connectivity index is 1.48. The van der Waals surface area contributed by atoms with Gasteiger partial charge in [-0.25, -0.2) is 9.78 Å². The third kappa shape index (κ3) is 4.88. The summed E-state index contributed by atoms with van der Waals surface area (Å²) in [7, 11) is 1.59. The lowest BCUT2D eigenvalue weighted by molar-refractivity contribution is -0.124. The van der Waals surface area contributed by atoms with Gasteiger partial charge in [-0.05, 0) is 50.6 Å². The van der Waals surface area contributed by atoms with E-state index in [0.717, 1.165) is 26.6 Å². The molecule has 0 aliphatic carbocycles. The highest BCUT2D eigenvalue weighted by Gasteiger charge is 2.22. The maximum absolute atomic E-state index is 12.9. The molecule has 3 heterocycles. The van der Waals surface area contributed by atoms with Crippen LogP contribution in [0.2, 0.25) is 0 Å². The van der Waals surface area contributed by atoms with Crippen molar-refractivity contribution in [1.82, 2.24) is 15.5 Å². The van der Waals surface area contributed by atoms with Gasteiger partial charge in [0.25, 0.3) is 11.6 Å². The maximum Gasteiger partial charge on any atom is 0.339 e. The van der Waals surface area contributed by atoms with Crippen LogP contribution in [0.25, 0.3) is 22.4 Å². The van der Waals surface area contributed by atoms with Crippen molar-refractivity contribution in [1.29, 1.82) is 0 Å². The number of carbonyl (C=O) groups is 2. The number of methoxy groups -OCH3 is 1. The summed E-state index contributed by atoms with van der Waals surface area (Å²) in [5.41, 5.74) is 3.45. The van der Waals surface area contributed by atoms with Gasteiger partial charge >= 0.3 is 5.97 Å². The molecule has 0 saturated carbocycles. The molecule has 0 spiro atoms. The van der Waals surface area contributed by atoms with Crippen LogP contribution in [0.15, 0.2) is 40.9 Å². The molecule has 3 aromatic heterocycles. The maximum atomic E-state index is 12.9. The smallest absolute Gasteiger partial charge is 0.339 e. The Morgan fingerprint density at radius 2 is 1.88 bits per heavy atom. The van der Waals surface area contributed by atoms with Crippen LogP contribution in [0.3, 0.4) is 0 Å². The largest absolute Gasteiger partial charge is 0.497 e. The third-order valence-electron chi connectivity index (χ3n) is 5.14. The van der Waals surface area contributed by atoms with Crippen LogP contribution in [-0.2, 0) is 16.1 Å². The molecule has 0 radical (unpaired) electrons. The van der Waals surface area contributed by atoms with Gasteiger partial charge in [-0.2, -0.15) is 0 Å². The first-order chi connectivity index (χ1) is 15.9. The fraction of sp³-hybridized carbons (Fsp3) is 0.250. The number of aryl methyl sites for hydroxylation is 3. The molecule has 0 aliphatic heterocycles. The summed E-state index contributed by atoms with van der Waals surface area (Å²) in [4.78, 5) is 31.9. The highest BCUT2D eigenvalue weighted by atomic mass is 32.1. The summed E-state index contributed by atoms with van der Waals surface area (Å²) in [5.74, 6) is -0.311. The van der Waals surface area contributed by atoms with Crippen LogP contribution in [0.5, 0.6) is 5.75 Å². The van der Waals surface area contributed by atoms with Gasteiger partial charge in [0, 0.05) is 21.9 Å². The minimum atomic E-state index is -0.640. The molecule has 0 saturated heterocycles. The molecule has 0 unspecified atom stereocenters. The lowest BCUT2D eigenvalue weighted by atomic mass is 10.1. The van der Waals surface area contributed by atoms with Crippen molar-refractivity contribution in [3.8, 4) is 17.0 Å². The molecule has 1 aromatic carbocycles. The number of hydrogen-bond acceptors (Lipinski definition) is 8. The molecule has 0 bridgehead atoms. The lowest BCUT2D eigenvalue weighted by Gasteiger charge is -2.09. The number of amides is 1. The molecule has 0 atom stereocenters. The third-order valence-corrected chi connectivity index (χ3v) is 6.10. The molecule has 33 heavy (non-hydrogen) atoms. The Morgan fingerprint density at radius 1 is 1.12 bits per heavy atom. The zero-order valence-corrected chi connectivity index (χ0v) is 19.5. The summed E-state index contributed by atoms with van der Waals surface area (Å²) in [5, 5.41) is 7.16. The molecule has 4 rings (SSSR count).